The van der Waals surface area contributed by atoms with Crippen LogP contribution < -0.4 is 20.1 Å². The molecular weight excluding hydrogens is 439 g/mol. The number of carbonyl (C=O) groups excluding carboxylic acids is 2. The van der Waals surface area contributed by atoms with Gasteiger partial charge in [0.2, 0.25) is 0 Å². The van der Waals surface area contributed by atoms with Gasteiger partial charge in [0, 0.05) is 29.4 Å². The van der Waals surface area contributed by atoms with Crippen molar-refractivity contribution in [2.75, 3.05) is 6.61 Å². The largest absolute Gasteiger partial charge is 0.484 e. The van der Waals surface area contributed by atoms with Gasteiger partial charge >= 0.3 is 6.61 Å². The smallest absolute Gasteiger partial charge is 0.387 e. The molecule has 11 heteroatoms. The molecule has 3 aliphatic carbocycles. The third kappa shape index (κ3) is 4.53. The van der Waals surface area contributed by atoms with Crippen LogP contribution >= 0.6 is 11.6 Å². The van der Waals surface area contributed by atoms with Crippen molar-refractivity contribution < 1.29 is 32.2 Å². The first kappa shape index (κ1) is 21.2. The van der Waals surface area contributed by atoms with E-state index in [2.05, 4.69) is 20.4 Å². The summed E-state index contributed by atoms with van der Waals surface area (Å²) in [7, 11) is 0. The van der Waals surface area contributed by atoms with Crippen LogP contribution in [0.2, 0.25) is 5.02 Å². The van der Waals surface area contributed by atoms with Gasteiger partial charge < -0.3 is 20.1 Å². The molecule has 3 aliphatic rings. The highest BCUT2D eigenvalue weighted by atomic mass is 35.5. The Morgan fingerprint density at radius 2 is 1.81 bits per heavy atom. The van der Waals surface area contributed by atoms with E-state index in [1.165, 1.54) is 24.4 Å². The Kier molecular flexibility index (Phi) is 5.42. The molecular formula is C20H17ClF3N3O4. The predicted molar refractivity (Wildman–Crippen MR) is 103 cm³/mol. The molecule has 0 radical (unpaired) electrons. The van der Waals surface area contributed by atoms with Crippen LogP contribution in [0.15, 0.2) is 36.5 Å². The standard InChI is InChI=1S/C20H17ClF3N3O4/c21-13-2-1-11(5-14(13)22)30-7-16(28)26-19-8-20(9-19,10-19)27-17(29)15-6-12(3-4-25-15)31-18(23)24/h1-6,18H,7-10H2,(H,26,28)(H,27,29). The summed E-state index contributed by atoms with van der Waals surface area (Å²) in [5.41, 5.74) is -0.928. The van der Waals surface area contributed by atoms with Crippen LogP contribution in [0.1, 0.15) is 29.8 Å². The van der Waals surface area contributed by atoms with Crippen molar-refractivity contribution in [2.45, 2.75) is 37.0 Å². The summed E-state index contributed by atoms with van der Waals surface area (Å²) in [6, 6.07) is 6.26. The maximum absolute atomic E-state index is 13.4. The van der Waals surface area contributed by atoms with Crippen LogP contribution in [-0.2, 0) is 4.79 Å². The number of halogens is 4. The lowest BCUT2D eigenvalue weighted by Gasteiger charge is -2.70. The molecule has 3 fully saturated rings. The SMILES string of the molecule is O=C(COc1ccc(Cl)c(F)c1)NC12CC(NC(=O)c3cc(OC(F)F)ccn3)(C1)C2. The molecule has 0 spiro atoms. The van der Waals surface area contributed by atoms with Crippen molar-refractivity contribution in [2.24, 2.45) is 0 Å². The molecule has 7 nitrogen and oxygen atoms in total. The topological polar surface area (TPSA) is 89.6 Å². The molecule has 5 rings (SSSR count). The fourth-order valence-electron chi connectivity index (χ4n) is 4.12. The Bertz CT molecular complexity index is 1020. The molecule has 1 heterocycles. The van der Waals surface area contributed by atoms with Crippen LogP contribution in [0, 0.1) is 5.82 Å². The lowest BCUT2D eigenvalue weighted by atomic mass is 9.44. The second-order valence-electron chi connectivity index (χ2n) is 7.71. The molecule has 0 unspecified atom stereocenters. The van der Waals surface area contributed by atoms with E-state index in [1.54, 1.807) is 0 Å². The normalized spacial score (nSPS) is 23.4. The molecule has 1 aromatic heterocycles. The number of hydrogen-bond donors (Lipinski definition) is 2. The molecule has 2 N–H and O–H groups in total. The molecule has 3 saturated carbocycles. The molecule has 0 aliphatic heterocycles. The van der Waals surface area contributed by atoms with Crippen molar-refractivity contribution in [3.8, 4) is 11.5 Å². The van der Waals surface area contributed by atoms with E-state index in [4.69, 9.17) is 16.3 Å². The summed E-state index contributed by atoms with van der Waals surface area (Å²) < 4.78 is 47.6. The first-order valence-electron chi connectivity index (χ1n) is 9.30. The van der Waals surface area contributed by atoms with E-state index >= 15 is 0 Å². The monoisotopic (exact) mass is 455 g/mol. The molecule has 2 aromatic rings. The summed E-state index contributed by atoms with van der Waals surface area (Å²) in [5, 5.41) is 5.67. The average Bonchev–Trinajstić information content (AvgIpc) is 2.66. The van der Waals surface area contributed by atoms with Gasteiger partial charge in [-0.2, -0.15) is 8.78 Å². The fraction of sp³-hybridized carbons (Fsp3) is 0.350. The Balaban J connectivity index is 1.24. The number of amides is 2. The van der Waals surface area contributed by atoms with E-state index in [0.717, 1.165) is 12.1 Å². The van der Waals surface area contributed by atoms with Gasteiger partial charge in [-0.25, -0.2) is 4.39 Å². The number of nitrogens with zero attached hydrogens (tertiary/aromatic N) is 1. The quantitative estimate of drug-likeness (QED) is 0.638. The van der Waals surface area contributed by atoms with Gasteiger partial charge in [-0.15, -0.1) is 0 Å². The number of benzene rings is 1. The first-order chi connectivity index (χ1) is 14.7. The predicted octanol–water partition coefficient (Wildman–Crippen LogP) is 3.08. The average molecular weight is 456 g/mol. The Morgan fingerprint density at radius 1 is 1.10 bits per heavy atom. The van der Waals surface area contributed by atoms with Crippen molar-refractivity contribution in [3.63, 3.8) is 0 Å². The molecule has 1 aromatic carbocycles. The van der Waals surface area contributed by atoms with E-state index in [9.17, 15) is 22.8 Å². The van der Waals surface area contributed by atoms with Crippen molar-refractivity contribution in [3.05, 3.63) is 53.1 Å². The summed E-state index contributed by atoms with van der Waals surface area (Å²) in [5.74, 6) is -1.49. The van der Waals surface area contributed by atoms with Crippen molar-refractivity contribution in [1.82, 2.24) is 15.6 Å². The number of nitrogens with one attached hydrogen (secondary N) is 2. The number of rotatable bonds is 8. The zero-order valence-electron chi connectivity index (χ0n) is 16.0. The van der Waals surface area contributed by atoms with Gasteiger partial charge in [0.25, 0.3) is 11.8 Å². The third-order valence-electron chi connectivity index (χ3n) is 5.26. The summed E-state index contributed by atoms with van der Waals surface area (Å²) >= 11 is 5.60. The second-order valence-corrected chi connectivity index (χ2v) is 8.12. The number of hydrogen-bond acceptors (Lipinski definition) is 5. The molecule has 2 bridgehead atoms. The van der Waals surface area contributed by atoms with Crippen LogP contribution in [0.25, 0.3) is 0 Å². The highest BCUT2D eigenvalue weighted by molar-refractivity contribution is 6.30. The molecule has 31 heavy (non-hydrogen) atoms. The summed E-state index contributed by atoms with van der Waals surface area (Å²) in [6.45, 7) is -3.29. The van der Waals surface area contributed by atoms with E-state index in [1.807, 2.05) is 0 Å². The van der Waals surface area contributed by atoms with E-state index in [-0.39, 0.29) is 34.7 Å². The van der Waals surface area contributed by atoms with Gasteiger partial charge in [-0.3, -0.25) is 14.6 Å². The van der Waals surface area contributed by atoms with Gasteiger partial charge in [0.1, 0.15) is 23.0 Å². The highest BCUT2D eigenvalue weighted by Gasteiger charge is 2.69. The Hall–Kier alpha value is -3.01. The number of alkyl halides is 2. The van der Waals surface area contributed by atoms with Crippen LogP contribution in [0.3, 0.4) is 0 Å². The number of carbonyl (C=O) groups is 2. The molecule has 2 amide bonds. The lowest BCUT2D eigenvalue weighted by Crippen LogP contribution is -2.84. The van der Waals surface area contributed by atoms with E-state index < -0.39 is 29.4 Å². The van der Waals surface area contributed by atoms with Gasteiger partial charge in [-0.05, 0) is 37.5 Å². The minimum atomic E-state index is -3.00. The molecule has 0 saturated heterocycles. The van der Waals surface area contributed by atoms with Gasteiger partial charge in [-0.1, -0.05) is 11.6 Å². The van der Waals surface area contributed by atoms with Crippen LogP contribution in [0.5, 0.6) is 11.5 Å². The number of pyridine rings is 1. The maximum atomic E-state index is 13.4. The van der Waals surface area contributed by atoms with Gasteiger partial charge in [0.15, 0.2) is 6.61 Å². The second kappa shape index (κ2) is 7.92. The Labute approximate surface area is 179 Å². The minimum Gasteiger partial charge on any atom is -0.484 e. The maximum Gasteiger partial charge on any atom is 0.387 e. The van der Waals surface area contributed by atoms with Gasteiger partial charge in [0.05, 0.1) is 5.02 Å². The van der Waals surface area contributed by atoms with Crippen molar-refractivity contribution >= 4 is 23.4 Å². The summed E-state index contributed by atoms with van der Waals surface area (Å²) in [6.07, 6.45) is 2.80. The molecule has 164 valence electrons. The number of ether oxygens (including phenoxy) is 2. The van der Waals surface area contributed by atoms with Crippen LogP contribution in [-0.4, -0.2) is 41.1 Å². The van der Waals surface area contributed by atoms with Crippen LogP contribution in [0.4, 0.5) is 13.2 Å². The lowest BCUT2D eigenvalue weighted by molar-refractivity contribution is -0.141. The zero-order chi connectivity index (χ0) is 22.2. The third-order valence-corrected chi connectivity index (χ3v) is 5.57. The molecule has 0 atom stereocenters. The van der Waals surface area contributed by atoms with E-state index in [0.29, 0.717) is 19.3 Å². The fourth-order valence-corrected chi connectivity index (χ4v) is 4.23. The minimum absolute atomic E-state index is 0.0374. The summed E-state index contributed by atoms with van der Waals surface area (Å²) in [4.78, 5) is 28.4. The van der Waals surface area contributed by atoms with Crippen molar-refractivity contribution in [1.29, 1.82) is 0 Å². The number of aromatic nitrogens is 1. The first-order valence-corrected chi connectivity index (χ1v) is 9.68. The Morgan fingerprint density at radius 3 is 2.48 bits per heavy atom. The zero-order valence-corrected chi connectivity index (χ0v) is 16.7. The highest BCUT2D eigenvalue weighted by Crippen LogP contribution is 2.60.